The number of hydrogen-bond donors (Lipinski definition) is 1. The summed E-state index contributed by atoms with van der Waals surface area (Å²) in [5, 5.41) is 1.90. The van der Waals surface area contributed by atoms with E-state index in [0.717, 1.165) is 20.7 Å². The molecule has 0 amide bonds. The molecule has 2 aromatic rings. The quantitative estimate of drug-likeness (QED) is 0.617. The molecule has 2 N–H and O–H groups in total. The van der Waals surface area contributed by atoms with Gasteiger partial charge in [0.15, 0.2) is 0 Å². The molecule has 0 spiro atoms. The fourth-order valence-corrected chi connectivity index (χ4v) is 3.20. The van der Waals surface area contributed by atoms with Gasteiger partial charge < -0.3 is 5.73 Å². The van der Waals surface area contributed by atoms with Crippen LogP contribution in [0.1, 0.15) is 5.56 Å². The molecule has 0 aliphatic heterocycles. The van der Waals surface area contributed by atoms with Crippen molar-refractivity contribution in [2.75, 3.05) is 5.73 Å². The first-order valence-electron chi connectivity index (χ1n) is 3.74. The second-order valence-corrected chi connectivity index (χ2v) is 4.99. The maximum Gasteiger partial charge on any atom is 0.0941 e. The zero-order chi connectivity index (χ0) is 9.42. The van der Waals surface area contributed by atoms with Gasteiger partial charge in [-0.05, 0) is 17.7 Å². The number of benzene rings is 1. The van der Waals surface area contributed by atoms with Crippen molar-refractivity contribution in [1.82, 2.24) is 0 Å². The summed E-state index contributed by atoms with van der Waals surface area (Å²) < 4.78 is 1.97. The van der Waals surface area contributed by atoms with Gasteiger partial charge in [-0.15, -0.1) is 11.3 Å². The number of nitrogens with two attached hydrogens (primary N) is 1. The highest BCUT2D eigenvalue weighted by Crippen LogP contribution is 2.36. The van der Waals surface area contributed by atoms with Crippen LogP contribution in [0.4, 0.5) is 5.69 Å². The Labute approximate surface area is 93.6 Å². The summed E-state index contributed by atoms with van der Waals surface area (Å²) in [4.78, 5) is 0. The number of rotatable bonds is 1. The van der Waals surface area contributed by atoms with Crippen molar-refractivity contribution in [3.8, 4) is 0 Å². The highest BCUT2D eigenvalue weighted by Gasteiger charge is 2.06. The first-order valence-corrected chi connectivity index (χ1v) is 6.06. The van der Waals surface area contributed by atoms with E-state index in [2.05, 4.69) is 15.9 Å². The standard InChI is InChI=1S/C9H7BrClNS/c10-4-5-1-2-7(12)6-3-8(11)13-9(5)6/h1-3H,4,12H2. The summed E-state index contributed by atoms with van der Waals surface area (Å²) in [6.07, 6.45) is 0. The Kier molecular flexibility index (Phi) is 2.49. The molecule has 0 aliphatic rings. The van der Waals surface area contributed by atoms with E-state index in [1.54, 1.807) is 11.3 Å². The van der Waals surface area contributed by atoms with Crippen molar-refractivity contribution in [1.29, 1.82) is 0 Å². The third-order valence-electron chi connectivity index (χ3n) is 1.91. The zero-order valence-electron chi connectivity index (χ0n) is 6.68. The average molecular weight is 277 g/mol. The van der Waals surface area contributed by atoms with E-state index in [0.29, 0.717) is 0 Å². The van der Waals surface area contributed by atoms with Gasteiger partial charge in [0.1, 0.15) is 0 Å². The number of thiophene rings is 1. The summed E-state index contributed by atoms with van der Waals surface area (Å²) in [5.74, 6) is 0. The molecular formula is C9H7BrClNS. The van der Waals surface area contributed by atoms with Gasteiger partial charge >= 0.3 is 0 Å². The molecule has 1 nitrogen and oxygen atoms in total. The van der Waals surface area contributed by atoms with E-state index in [4.69, 9.17) is 17.3 Å². The Balaban J connectivity index is 2.83. The number of fused-ring (bicyclic) bond motifs is 1. The number of halogens is 2. The minimum atomic E-state index is 0.787. The molecule has 1 aromatic carbocycles. The van der Waals surface area contributed by atoms with Crippen LogP contribution < -0.4 is 5.73 Å². The Bertz CT molecular complexity index is 452. The van der Waals surface area contributed by atoms with Crippen LogP contribution in [0.3, 0.4) is 0 Å². The van der Waals surface area contributed by atoms with Crippen molar-refractivity contribution in [3.63, 3.8) is 0 Å². The zero-order valence-corrected chi connectivity index (χ0v) is 9.84. The fraction of sp³-hybridized carbons (Fsp3) is 0.111. The normalized spacial score (nSPS) is 10.9. The smallest absolute Gasteiger partial charge is 0.0941 e. The van der Waals surface area contributed by atoms with Crippen molar-refractivity contribution < 1.29 is 0 Å². The van der Waals surface area contributed by atoms with E-state index in [9.17, 15) is 0 Å². The molecule has 0 aliphatic carbocycles. The number of alkyl halides is 1. The number of anilines is 1. The lowest BCUT2D eigenvalue weighted by molar-refractivity contribution is 1.51. The van der Waals surface area contributed by atoms with E-state index in [-0.39, 0.29) is 0 Å². The Morgan fingerprint density at radius 1 is 1.46 bits per heavy atom. The van der Waals surface area contributed by atoms with Gasteiger partial charge in [0.05, 0.1) is 4.34 Å². The summed E-state index contributed by atoms with van der Waals surface area (Å²) in [6.45, 7) is 0. The second kappa shape index (κ2) is 3.48. The first kappa shape index (κ1) is 9.31. The van der Waals surface area contributed by atoms with Gasteiger partial charge in [0.25, 0.3) is 0 Å². The van der Waals surface area contributed by atoms with Crippen LogP contribution in [-0.2, 0) is 5.33 Å². The minimum Gasteiger partial charge on any atom is -0.398 e. The van der Waals surface area contributed by atoms with Crippen LogP contribution in [0.5, 0.6) is 0 Å². The largest absolute Gasteiger partial charge is 0.398 e. The molecule has 0 saturated carbocycles. The Hall–Kier alpha value is -0.250. The number of nitrogen functional groups attached to an aromatic ring is 1. The van der Waals surface area contributed by atoms with Crippen LogP contribution in [0.25, 0.3) is 10.1 Å². The van der Waals surface area contributed by atoms with Crippen LogP contribution in [0.15, 0.2) is 18.2 Å². The molecule has 4 heteroatoms. The first-order chi connectivity index (χ1) is 6.22. The van der Waals surface area contributed by atoms with Crippen molar-refractivity contribution >= 4 is 54.6 Å². The third-order valence-corrected chi connectivity index (χ3v) is 3.86. The lowest BCUT2D eigenvalue weighted by Crippen LogP contribution is -1.86. The van der Waals surface area contributed by atoms with E-state index in [1.807, 2.05) is 18.2 Å². The summed E-state index contributed by atoms with van der Waals surface area (Å²) in [7, 11) is 0. The Morgan fingerprint density at radius 2 is 2.23 bits per heavy atom. The molecule has 0 unspecified atom stereocenters. The van der Waals surface area contributed by atoms with Crippen LogP contribution in [0.2, 0.25) is 4.34 Å². The summed E-state index contributed by atoms with van der Waals surface area (Å²) in [6, 6.07) is 5.87. The fourth-order valence-electron chi connectivity index (χ4n) is 1.27. The van der Waals surface area contributed by atoms with Gasteiger partial charge in [0, 0.05) is 21.1 Å². The SMILES string of the molecule is Nc1ccc(CBr)c2sc(Cl)cc12. The van der Waals surface area contributed by atoms with Gasteiger partial charge in [-0.1, -0.05) is 33.6 Å². The maximum atomic E-state index is 5.93. The molecule has 0 atom stereocenters. The predicted octanol–water partition coefficient (Wildman–Crippen LogP) is 4.03. The van der Waals surface area contributed by atoms with Crippen molar-refractivity contribution in [3.05, 3.63) is 28.1 Å². The molecule has 68 valence electrons. The predicted molar refractivity (Wildman–Crippen MR) is 63.9 cm³/mol. The lowest BCUT2D eigenvalue weighted by Gasteiger charge is -2.00. The molecule has 0 fully saturated rings. The second-order valence-electron chi connectivity index (χ2n) is 2.74. The minimum absolute atomic E-state index is 0.787. The number of hydrogen-bond acceptors (Lipinski definition) is 2. The maximum absolute atomic E-state index is 5.93. The van der Waals surface area contributed by atoms with Crippen LogP contribution in [-0.4, -0.2) is 0 Å². The van der Waals surface area contributed by atoms with Gasteiger partial charge in [-0.3, -0.25) is 0 Å². The molecule has 1 aromatic heterocycles. The molecule has 0 bridgehead atoms. The molecule has 0 radical (unpaired) electrons. The highest BCUT2D eigenvalue weighted by molar-refractivity contribution is 9.08. The van der Waals surface area contributed by atoms with Crippen LogP contribution in [0, 0.1) is 0 Å². The highest BCUT2D eigenvalue weighted by atomic mass is 79.9. The van der Waals surface area contributed by atoms with Gasteiger partial charge in [-0.25, -0.2) is 0 Å². The van der Waals surface area contributed by atoms with Crippen molar-refractivity contribution in [2.45, 2.75) is 5.33 Å². The molecular weight excluding hydrogens is 270 g/mol. The summed E-state index contributed by atoms with van der Waals surface area (Å²) >= 11 is 10.9. The molecule has 1 heterocycles. The Morgan fingerprint density at radius 3 is 2.92 bits per heavy atom. The summed E-state index contributed by atoms with van der Waals surface area (Å²) in [5.41, 5.74) is 7.86. The third kappa shape index (κ3) is 1.56. The van der Waals surface area contributed by atoms with Crippen LogP contribution >= 0.6 is 38.9 Å². The monoisotopic (exact) mass is 275 g/mol. The average Bonchev–Trinajstić information content (AvgIpc) is 2.48. The van der Waals surface area contributed by atoms with E-state index < -0.39 is 0 Å². The molecule has 0 saturated heterocycles. The molecule has 2 rings (SSSR count). The molecule has 13 heavy (non-hydrogen) atoms. The van der Waals surface area contributed by atoms with Gasteiger partial charge in [-0.2, -0.15) is 0 Å². The van der Waals surface area contributed by atoms with E-state index >= 15 is 0 Å². The van der Waals surface area contributed by atoms with Gasteiger partial charge in [0.2, 0.25) is 0 Å². The lowest BCUT2D eigenvalue weighted by atomic mass is 10.1. The topological polar surface area (TPSA) is 26.0 Å². The van der Waals surface area contributed by atoms with Crippen molar-refractivity contribution in [2.24, 2.45) is 0 Å². The van der Waals surface area contributed by atoms with E-state index in [1.165, 1.54) is 10.3 Å².